The van der Waals surface area contributed by atoms with Crippen LogP contribution in [0.3, 0.4) is 0 Å². The molecular formula is C13H21N3O3. The molecule has 1 saturated heterocycles. The third-order valence-corrected chi connectivity index (χ3v) is 4.38. The highest BCUT2D eigenvalue weighted by Crippen LogP contribution is 2.47. The van der Waals surface area contributed by atoms with Crippen molar-refractivity contribution in [3.8, 4) is 0 Å². The molecule has 2 atom stereocenters. The Morgan fingerprint density at radius 2 is 2.00 bits per heavy atom. The lowest BCUT2D eigenvalue weighted by molar-refractivity contribution is 0.145. The van der Waals surface area contributed by atoms with Crippen molar-refractivity contribution in [3.05, 3.63) is 10.4 Å². The van der Waals surface area contributed by atoms with E-state index in [1.807, 2.05) is 0 Å². The first-order valence-corrected chi connectivity index (χ1v) is 7.06. The highest BCUT2D eigenvalue weighted by Gasteiger charge is 2.57. The number of carbonyl (C=O) groups excluding carboxylic acids is 1. The number of azide groups is 1. The molecule has 2 rings (SSSR count). The van der Waals surface area contributed by atoms with Crippen LogP contribution in [0.15, 0.2) is 5.11 Å². The van der Waals surface area contributed by atoms with Gasteiger partial charge in [0.2, 0.25) is 0 Å². The van der Waals surface area contributed by atoms with Gasteiger partial charge in [-0.05, 0) is 31.2 Å². The summed E-state index contributed by atoms with van der Waals surface area (Å²) >= 11 is 0. The van der Waals surface area contributed by atoms with Crippen LogP contribution in [-0.4, -0.2) is 24.4 Å². The Morgan fingerprint density at radius 1 is 1.37 bits per heavy atom. The molecule has 0 aromatic rings. The third-order valence-electron chi connectivity index (χ3n) is 4.38. The predicted molar refractivity (Wildman–Crippen MR) is 69.6 cm³/mol. The van der Waals surface area contributed by atoms with E-state index in [-0.39, 0.29) is 18.3 Å². The van der Waals surface area contributed by atoms with E-state index in [2.05, 4.69) is 16.9 Å². The van der Waals surface area contributed by atoms with E-state index < -0.39 is 6.09 Å². The van der Waals surface area contributed by atoms with Crippen LogP contribution in [0.1, 0.15) is 51.9 Å². The first-order valence-electron chi connectivity index (χ1n) is 7.06. The largest absolute Gasteiger partial charge is 0.458 e. The summed E-state index contributed by atoms with van der Waals surface area (Å²) in [6, 6.07) is 0. The zero-order valence-corrected chi connectivity index (χ0v) is 11.4. The Morgan fingerprint density at radius 3 is 2.63 bits per heavy atom. The minimum Gasteiger partial charge on any atom is -0.458 e. The van der Waals surface area contributed by atoms with Crippen molar-refractivity contribution in [1.29, 1.82) is 0 Å². The second-order valence-electron chi connectivity index (χ2n) is 5.60. The van der Waals surface area contributed by atoms with Gasteiger partial charge < -0.3 is 9.47 Å². The van der Waals surface area contributed by atoms with E-state index in [0.717, 1.165) is 0 Å². The zero-order valence-electron chi connectivity index (χ0n) is 11.4. The van der Waals surface area contributed by atoms with Crippen LogP contribution in [0.2, 0.25) is 0 Å². The van der Waals surface area contributed by atoms with Crippen LogP contribution < -0.4 is 0 Å². The van der Waals surface area contributed by atoms with Crippen LogP contribution in [0.25, 0.3) is 10.4 Å². The van der Waals surface area contributed by atoms with Crippen molar-refractivity contribution in [2.75, 3.05) is 6.61 Å². The molecule has 6 heteroatoms. The normalized spacial score (nSPS) is 31.7. The number of nitrogens with zero attached hydrogens (tertiary/aromatic N) is 3. The highest BCUT2D eigenvalue weighted by atomic mass is 16.6. The van der Waals surface area contributed by atoms with Crippen molar-refractivity contribution in [1.82, 2.24) is 0 Å². The molecule has 0 aromatic heterocycles. The van der Waals surface area contributed by atoms with Gasteiger partial charge in [0, 0.05) is 10.0 Å². The van der Waals surface area contributed by atoms with E-state index in [9.17, 15) is 4.79 Å². The van der Waals surface area contributed by atoms with E-state index in [1.54, 1.807) is 0 Å². The van der Waals surface area contributed by atoms with Gasteiger partial charge in [-0.3, -0.25) is 0 Å². The summed E-state index contributed by atoms with van der Waals surface area (Å²) in [6.07, 6.45) is 7.94. The van der Waals surface area contributed by atoms with Gasteiger partial charge in [0.05, 0.1) is 5.60 Å². The third kappa shape index (κ3) is 3.61. The van der Waals surface area contributed by atoms with E-state index >= 15 is 0 Å². The summed E-state index contributed by atoms with van der Waals surface area (Å²) in [5.74, 6) is 0.552. The maximum atomic E-state index is 11.0. The topological polar surface area (TPSA) is 87.6 Å². The molecule has 1 amide bonds. The molecule has 0 spiro atoms. The molecule has 19 heavy (non-hydrogen) atoms. The number of amides is 1. The van der Waals surface area contributed by atoms with Crippen molar-refractivity contribution in [2.45, 2.75) is 63.6 Å². The maximum absolute atomic E-state index is 11.0. The monoisotopic (exact) mass is 267 g/mol. The van der Waals surface area contributed by atoms with E-state index in [4.69, 9.17) is 15.0 Å². The van der Waals surface area contributed by atoms with Crippen LogP contribution in [-0.2, 0) is 9.47 Å². The van der Waals surface area contributed by atoms with Gasteiger partial charge in [-0.25, -0.2) is 4.79 Å². The molecule has 6 nitrogen and oxygen atoms in total. The minimum absolute atomic E-state index is 0.0465. The number of carbonyl (C=O) groups is 1. The highest BCUT2D eigenvalue weighted by molar-refractivity contribution is 5.67. The molecule has 2 aliphatic rings. The van der Waals surface area contributed by atoms with Crippen molar-refractivity contribution in [3.63, 3.8) is 0 Å². The van der Waals surface area contributed by atoms with Gasteiger partial charge in [-0.1, -0.05) is 32.1 Å². The lowest BCUT2D eigenvalue weighted by atomic mass is 9.81. The first-order chi connectivity index (χ1) is 9.16. The number of epoxide rings is 1. The number of hydrogen-bond donors (Lipinski definition) is 0. The number of rotatable bonds is 3. The van der Waals surface area contributed by atoms with Gasteiger partial charge in [0.1, 0.15) is 12.7 Å². The summed E-state index contributed by atoms with van der Waals surface area (Å²) in [4.78, 5) is 13.4. The smallest absolute Gasteiger partial charge is 0.396 e. The molecule has 0 radical (unpaired) electrons. The quantitative estimate of drug-likeness (QED) is 0.335. The fourth-order valence-corrected chi connectivity index (χ4v) is 3.07. The lowest BCUT2D eigenvalue weighted by Crippen LogP contribution is -2.26. The molecule has 2 fully saturated rings. The van der Waals surface area contributed by atoms with Crippen molar-refractivity contribution >= 4 is 6.09 Å². The van der Waals surface area contributed by atoms with Gasteiger partial charge in [-0.15, -0.1) is 0 Å². The molecule has 1 heterocycles. The summed E-state index contributed by atoms with van der Waals surface area (Å²) < 4.78 is 10.6. The summed E-state index contributed by atoms with van der Waals surface area (Å²) in [5, 5.41) is 2.88. The molecule has 2 unspecified atom stereocenters. The van der Waals surface area contributed by atoms with Gasteiger partial charge >= 0.3 is 6.09 Å². The molecule has 0 bridgehead atoms. The lowest BCUT2D eigenvalue weighted by Gasteiger charge is -2.23. The Bertz CT molecular complexity index is 373. The fourth-order valence-electron chi connectivity index (χ4n) is 3.07. The number of ether oxygens (including phenoxy) is 2. The molecule has 106 valence electrons. The number of hydrogen-bond acceptors (Lipinski definition) is 3. The Balaban J connectivity index is 1.80. The summed E-state index contributed by atoms with van der Waals surface area (Å²) in [7, 11) is 0. The molecule has 0 aromatic carbocycles. The standard InChI is InChI=1S/C13H21N3O3/c1-13(10-7-5-3-2-4-6-8-10)11(19-13)9-18-12(17)15-16-14/h10-11H,2-9H2,1H3. The van der Waals surface area contributed by atoms with Crippen LogP contribution in [0.5, 0.6) is 0 Å². The van der Waals surface area contributed by atoms with Gasteiger partial charge in [0.15, 0.2) is 0 Å². The van der Waals surface area contributed by atoms with Crippen LogP contribution >= 0.6 is 0 Å². The molecule has 1 aliphatic heterocycles. The molecule has 0 N–H and O–H groups in total. The van der Waals surface area contributed by atoms with Crippen molar-refractivity contribution in [2.24, 2.45) is 11.0 Å². The van der Waals surface area contributed by atoms with E-state index in [1.165, 1.54) is 44.9 Å². The Kier molecular flexibility index (Phi) is 4.66. The maximum Gasteiger partial charge on any atom is 0.396 e. The molecule has 1 saturated carbocycles. The van der Waals surface area contributed by atoms with E-state index in [0.29, 0.717) is 5.92 Å². The summed E-state index contributed by atoms with van der Waals surface area (Å²) in [6.45, 7) is 2.29. The minimum atomic E-state index is -0.877. The van der Waals surface area contributed by atoms with Crippen molar-refractivity contribution < 1.29 is 14.3 Å². The molecular weight excluding hydrogens is 246 g/mol. The second-order valence-corrected chi connectivity index (χ2v) is 5.60. The Hall–Kier alpha value is -1.26. The average molecular weight is 267 g/mol. The fraction of sp³-hybridized carbons (Fsp3) is 0.923. The second kappa shape index (κ2) is 6.26. The molecule has 1 aliphatic carbocycles. The van der Waals surface area contributed by atoms with Crippen LogP contribution in [0.4, 0.5) is 4.79 Å². The Labute approximate surface area is 113 Å². The van der Waals surface area contributed by atoms with Gasteiger partial charge in [0.25, 0.3) is 0 Å². The summed E-state index contributed by atoms with van der Waals surface area (Å²) in [5.41, 5.74) is 7.95. The first kappa shape index (κ1) is 14.2. The predicted octanol–water partition coefficient (Wildman–Crippen LogP) is 3.95. The zero-order chi connectivity index (χ0) is 13.7. The van der Waals surface area contributed by atoms with Crippen LogP contribution in [0, 0.1) is 5.92 Å². The SMILES string of the molecule is CC1(C2CCCCCCC2)OC1COC(=O)N=[N+]=[N-]. The van der Waals surface area contributed by atoms with Gasteiger partial charge in [-0.2, -0.15) is 0 Å². The average Bonchev–Trinajstić information content (AvgIpc) is 2.98.